The quantitative estimate of drug-likeness (QED) is 0.847. The van der Waals surface area contributed by atoms with Crippen molar-refractivity contribution in [3.63, 3.8) is 0 Å². The molecular weight excluding hydrogens is 270 g/mol. The number of benzene rings is 1. The Balaban J connectivity index is 2.57. The summed E-state index contributed by atoms with van der Waals surface area (Å²) >= 11 is 4.98. The first-order valence-corrected chi connectivity index (χ1v) is 7.56. The van der Waals surface area contributed by atoms with Gasteiger partial charge in [-0.05, 0) is 30.4 Å². The van der Waals surface area contributed by atoms with Crippen molar-refractivity contribution in [2.45, 2.75) is 18.7 Å². The standard InChI is InChI=1S/C11H15N3O2S2/c1-3-14(4-2)18(15,16)8-5-6-9-10(7-8)13-11(17)12-9/h5-7H,3-4H2,1-2H3,(H2,12,13,17). The molecule has 18 heavy (non-hydrogen) atoms. The lowest BCUT2D eigenvalue weighted by Crippen LogP contribution is -2.30. The van der Waals surface area contributed by atoms with Gasteiger partial charge in [0.2, 0.25) is 10.0 Å². The molecular formula is C11H15N3O2S2. The maximum Gasteiger partial charge on any atom is 0.243 e. The van der Waals surface area contributed by atoms with E-state index in [0.717, 1.165) is 5.52 Å². The Kier molecular flexibility index (Phi) is 3.56. The van der Waals surface area contributed by atoms with E-state index in [-0.39, 0.29) is 4.90 Å². The summed E-state index contributed by atoms with van der Waals surface area (Å²) < 4.78 is 26.6. The first-order chi connectivity index (χ1) is 8.48. The number of aromatic nitrogens is 2. The van der Waals surface area contributed by atoms with Crippen LogP contribution in [0.1, 0.15) is 13.8 Å². The van der Waals surface area contributed by atoms with Gasteiger partial charge in [0.1, 0.15) is 0 Å². The number of nitrogens with one attached hydrogen (secondary N) is 2. The Labute approximate surface area is 111 Å². The number of aromatic amines is 2. The fourth-order valence-electron chi connectivity index (χ4n) is 1.88. The molecule has 2 N–H and O–H groups in total. The zero-order chi connectivity index (χ0) is 13.3. The number of nitrogens with zero attached hydrogens (tertiary/aromatic N) is 1. The van der Waals surface area contributed by atoms with Crippen LogP contribution in [0.3, 0.4) is 0 Å². The van der Waals surface area contributed by atoms with E-state index in [0.29, 0.717) is 23.4 Å². The van der Waals surface area contributed by atoms with Gasteiger partial charge in [0, 0.05) is 13.1 Å². The summed E-state index contributed by atoms with van der Waals surface area (Å²) in [6.07, 6.45) is 0. The van der Waals surface area contributed by atoms with Crippen LogP contribution in [0.2, 0.25) is 0 Å². The monoisotopic (exact) mass is 285 g/mol. The lowest BCUT2D eigenvalue weighted by atomic mass is 10.3. The smallest absolute Gasteiger partial charge is 0.243 e. The summed E-state index contributed by atoms with van der Waals surface area (Å²) in [5.41, 5.74) is 1.51. The van der Waals surface area contributed by atoms with Crippen LogP contribution in [0, 0.1) is 4.77 Å². The second-order valence-corrected chi connectivity index (χ2v) is 6.22. The predicted molar refractivity (Wildman–Crippen MR) is 73.6 cm³/mol. The number of H-pyrrole nitrogens is 2. The Morgan fingerprint density at radius 3 is 2.39 bits per heavy atom. The van der Waals surface area contributed by atoms with Crippen LogP contribution in [0.5, 0.6) is 0 Å². The number of hydrogen-bond acceptors (Lipinski definition) is 3. The van der Waals surface area contributed by atoms with Crippen molar-refractivity contribution in [1.29, 1.82) is 0 Å². The third-order valence-corrected chi connectivity index (χ3v) is 5.08. The van der Waals surface area contributed by atoms with Gasteiger partial charge in [-0.25, -0.2) is 8.42 Å². The van der Waals surface area contributed by atoms with Crippen LogP contribution in [0.4, 0.5) is 0 Å². The molecule has 0 amide bonds. The highest BCUT2D eigenvalue weighted by atomic mass is 32.2. The van der Waals surface area contributed by atoms with E-state index in [9.17, 15) is 8.42 Å². The average Bonchev–Trinajstić information content (AvgIpc) is 2.69. The van der Waals surface area contributed by atoms with Crippen LogP contribution in [0.25, 0.3) is 11.0 Å². The SMILES string of the molecule is CCN(CC)S(=O)(=O)c1ccc2[nH]c(=S)[nH]c2c1. The summed E-state index contributed by atoms with van der Waals surface area (Å²) in [5.74, 6) is 0. The van der Waals surface area contributed by atoms with Crippen molar-refractivity contribution in [1.82, 2.24) is 14.3 Å². The zero-order valence-electron chi connectivity index (χ0n) is 10.2. The van der Waals surface area contributed by atoms with Crippen LogP contribution in [-0.2, 0) is 10.0 Å². The molecule has 0 aliphatic heterocycles. The molecule has 0 saturated heterocycles. The molecule has 0 fully saturated rings. The van der Waals surface area contributed by atoms with Gasteiger partial charge in [-0.15, -0.1) is 0 Å². The van der Waals surface area contributed by atoms with Crippen molar-refractivity contribution < 1.29 is 8.42 Å². The Morgan fingerprint density at radius 2 is 1.78 bits per heavy atom. The Morgan fingerprint density at radius 1 is 1.17 bits per heavy atom. The predicted octanol–water partition coefficient (Wildman–Crippen LogP) is 2.26. The van der Waals surface area contributed by atoms with E-state index in [1.165, 1.54) is 4.31 Å². The number of sulfonamides is 1. The fraction of sp³-hybridized carbons (Fsp3) is 0.364. The van der Waals surface area contributed by atoms with Gasteiger partial charge in [-0.2, -0.15) is 4.31 Å². The molecule has 0 radical (unpaired) electrons. The lowest BCUT2D eigenvalue weighted by molar-refractivity contribution is 0.445. The summed E-state index contributed by atoms with van der Waals surface area (Å²) in [6, 6.07) is 4.92. The molecule has 1 aromatic heterocycles. The first kappa shape index (κ1) is 13.3. The third-order valence-electron chi connectivity index (χ3n) is 2.83. The van der Waals surface area contributed by atoms with E-state index < -0.39 is 10.0 Å². The maximum absolute atomic E-state index is 12.3. The minimum Gasteiger partial charge on any atom is -0.331 e. The molecule has 0 atom stereocenters. The molecule has 0 bridgehead atoms. The topological polar surface area (TPSA) is 69.0 Å². The number of imidazole rings is 1. The van der Waals surface area contributed by atoms with Crippen LogP contribution < -0.4 is 0 Å². The largest absolute Gasteiger partial charge is 0.331 e. The molecule has 7 heteroatoms. The highest BCUT2D eigenvalue weighted by Crippen LogP contribution is 2.19. The fourth-order valence-corrected chi connectivity index (χ4v) is 3.59. The molecule has 0 saturated carbocycles. The van der Waals surface area contributed by atoms with E-state index in [1.54, 1.807) is 18.2 Å². The summed E-state index contributed by atoms with van der Waals surface area (Å²) in [5, 5.41) is 0. The van der Waals surface area contributed by atoms with Gasteiger partial charge in [-0.3, -0.25) is 0 Å². The summed E-state index contributed by atoms with van der Waals surface area (Å²) in [7, 11) is -3.42. The first-order valence-electron chi connectivity index (χ1n) is 5.71. The van der Waals surface area contributed by atoms with E-state index in [4.69, 9.17) is 12.2 Å². The van der Waals surface area contributed by atoms with Crippen LogP contribution in [-0.4, -0.2) is 35.8 Å². The molecule has 1 aromatic carbocycles. The van der Waals surface area contributed by atoms with E-state index >= 15 is 0 Å². The molecule has 2 rings (SSSR count). The number of fused-ring (bicyclic) bond motifs is 1. The Bertz CT molecular complexity index is 711. The molecule has 0 aliphatic carbocycles. The van der Waals surface area contributed by atoms with E-state index in [1.807, 2.05) is 13.8 Å². The van der Waals surface area contributed by atoms with Crippen molar-refractivity contribution in [3.05, 3.63) is 23.0 Å². The average molecular weight is 285 g/mol. The van der Waals surface area contributed by atoms with Gasteiger partial charge in [0.25, 0.3) is 0 Å². The molecule has 0 unspecified atom stereocenters. The third kappa shape index (κ3) is 2.21. The van der Waals surface area contributed by atoms with E-state index in [2.05, 4.69) is 9.97 Å². The van der Waals surface area contributed by atoms with Crippen molar-refractivity contribution in [2.75, 3.05) is 13.1 Å². The zero-order valence-corrected chi connectivity index (χ0v) is 11.9. The highest BCUT2D eigenvalue weighted by Gasteiger charge is 2.21. The molecule has 1 heterocycles. The summed E-state index contributed by atoms with van der Waals surface area (Å²) in [4.78, 5) is 6.15. The van der Waals surface area contributed by atoms with Crippen LogP contribution in [0.15, 0.2) is 23.1 Å². The molecule has 0 aliphatic rings. The number of hydrogen-bond donors (Lipinski definition) is 2. The normalized spacial score (nSPS) is 12.4. The molecule has 0 spiro atoms. The number of rotatable bonds is 4. The van der Waals surface area contributed by atoms with Crippen molar-refractivity contribution in [3.8, 4) is 0 Å². The van der Waals surface area contributed by atoms with Gasteiger partial charge in [0.15, 0.2) is 4.77 Å². The van der Waals surface area contributed by atoms with Crippen LogP contribution >= 0.6 is 12.2 Å². The second-order valence-electron chi connectivity index (χ2n) is 3.88. The van der Waals surface area contributed by atoms with Gasteiger partial charge in [-0.1, -0.05) is 13.8 Å². The van der Waals surface area contributed by atoms with Gasteiger partial charge < -0.3 is 9.97 Å². The van der Waals surface area contributed by atoms with Gasteiger partial charge >= 0.3 is 0 Å². The van der Waals surface area contributed by atoms with Gasteiger partial charge in [0.05, 0.1) is 15.9 Å². The molecule has 98 valence electrons. The minimum atomic E-state index is -3.42. The molecule has 5 nitrogen and oxygen atoms in total. The lowest BCUT2D eigenvalue weighted by Gasteiger charge is -2.18. The minimum absolute atomic E-state index is 0.281. The van der Waals surface area contributed by atoms with Crippen molar-refractivity contribution in [2.24, 2.45) is 0 Å². The summed E-state index contributed by atoms with van der Waals surface area (Å²) in [6.45, 7) is 4.56. The Hall–Kier alpha value is -1.18. The highest BCUT2D eigenvalue weighted by molar-refractivity contribution is 7.89. The maximum atomic E-state index is 12.3. The van der Waals surface area contributed by atoms with Crippen molar-refractivity contribution >= 4 is 33.3 Å². The second kappa shape index (κ2) is 4.83. The molecule has 2 aromatic rings.